The van der Waals surface area contributed by atoms with Gasteiger partial charge in [0.15, 0.2) is 5.16 Å². The van der Waals surface area contributed by atoms with Crippen LogP contribution in [-0.4, -0.2) is 28.2 Å². The summed E-state index contributed by atoms with van der Waals surface area (Å²) >= 11 is 1.29. The molecule has 1 aromatic heterocycles. The largest absolute Gasteiger partial charge is 0.494 e. The Morgan fingerprint density at radius 3 is 2.92 bits per heavy atom. The summed E-state index contributed by atoms with van der Waals surface area (Å²) in [5.41, 5.74) is 2.65. The first-order valence-corrected chi connectivity index (χ1v) is 8.85. The van der Waals surface area contributed by atoms with Gasteiger partial charge in [0.25, 0.3) is 0 Å². The van der Waals surface area contributed by atoms with Crippen LogP contribution in [0.4, 0.5) is 10.1 Å². The van der Waals surface area contributed by atoms with E-state index in [1.807, 2.05) is 25.1 Å². The van der Waals surface area contributed by atoms with Gasteiger partial charge in [0.1, 0.15) is 11.6 Å². The Balaban J connectivity index is 1.61. The van der Waals surface area contributed by atoms with Crippen LogP contribution in [-0.2, 0) is 4.79 Å². The van der Waals surface area contributed by atoms with Crippen molar-refractivity contribution in [3.63, 3.8) is 0 Å². The van der Waals surface area contributed by atoms with Crippen molar-refractivity contribution in [2.75, 3.05) is 17.7 Å². The van der Waals surface area contributed by atoms with Gasteiger partial charge in [0.05, 0.1) is 23.4 Å². The van der Waals surface area contributed by atoms with E-state index in [-0.39, 0.29) is 17.5 Å². The number of hydrogen-bond acceptors (Lipinski definition) is 4. The predicted molar refractivity (Wildman–Crippen MR) is 97.8 cm³/mol. The van der Waals surface area contributed by atoms with Gasteiger partial charge < -0.3 is 15.0 Å². The number of ether oxygens (including phenoxy) is 1. The molecule has 0 aliphatic carbocycles. The van der Waals surface area contributed by atoms with Crippen molar-refractivity contribution in [1.29, 1.82) is 0 Å². The molecule has 0 unspecified atom stereocenters. The molecule has 0 fully saturated rings. The van der Waals surface area contributed by atoms with Gasteiger partial charge in [-0.05, 0) is 43.7 Å². The molecule has 3 aromatic rings. The van der Waals surface area contributed by atoms with Gasteiger partial charge in [-0.15, -0.1) is 0 Å². The van der Waals surface area contributed by atoms with Crippen molar-refractivity contribution in [2.45, 2.75) is 19.0 Å². The number of nitrogens with one attached hydrogen (secondary N) is 2. The van der Waals surface area contributed by atoms with Crippen LogP contribution < -0.4 is 10.1 Å². The Kier molecular flexibility index (Phi) is 5.23. The lowest BCUT2D eigenvalue weighted by Crippen LogP contribution is -2.14. The molecular formula is C18H18FN3O2S. The van der Waals surface area contributed by atoms with Crippen LogP contribution in [0.2, 0.25) is 0 Å². The number of carbonyl (C=O) groups excluding carboxylic acids is 1. The summed E-state index contributed by atoms with van der Waals surface area (Å²) in [6, 6.07) is 10.2. The summed E-state index contributed by atoms with van der Waals surface area (Å²) in [5.74, 6) is 0.388. The van der Waals surface area contributed by atoms with Gasteiger partial charge in [-0.3, -0.25) is 4.79 Å². The lowest BCUT2D eigenvalue weighted by Gasteiger charge is -2.05. The highest BCUT2D eigenvalue weighted by Gasteiger charge is 2.09. The number of aromatic nitrogens is 2. The van der Waals surface area contributed by atoms with Gasteiger partial charge in [-0.25, -0.2) is 9.37 Å². The number of fused-ring (bicyclic) bond motifs is 1. The minimum absolute atomic E-state index is 0.174. The van der Waals surface area contributed by atoms with E-state index in [9.17, 15) is 9.18 Å². The molecule has 0 bridgehead atoms. The van der Waals surface area contributed by atoms with Crippen LogP contribution >= 0.6 is 11.8 Å². The highest BCUT2D eigenvalue weighted by Crippen LogP contribution is 2.23. The molecule has 0 aliphatic heterocycles. The second kappa shape index (κ2) is 7.57. The third-order valence-corrected chi connectivity index (χ3v) is 4.41. The summed E-state index contributed by atoms with van der Waals surface area (Å²) in [7, 11) is 0. The molecule has 0 spiro atoms. The second-order valence-electron chi connectivity index (χ2n) is 5.45. The Morgan fingerprint density at radius 1 is 1.32 bits per heavy atom. The average molecular weight is 359 g/mol. The van der Waals surface area contributed by atoms with E-state index in [0.717, 1.165) is 16.8 Å². The molecule has 5 nitrogen and oxygen atoms in total. The number of anilines is 1. The van der Waals surface area contributed by atoms with Crippen LogP contribution in [0.3, 0.4) is 0 Å². The number of aryl methyl sites for hydroxylation is 1. The van der Waals surface area contributed by atoms with Crippen molar-refractivity contribution in [3.8, 4) is 5.75 Å². The Labute approximate surface area is 149 Å². The van der Waals surface area contributed by atoms with Crippen molar-refractivity contribution in [2.24, 2.45) is 0 Å². The number of nitrogens with zero attached hydrogens (tertiary/aromatic N) is 1. The number of thioether (sulfide) groups is 1. The van der Waals surface area contributed by atoms with Crippen LogP contribution in [0, 0.1) is 12.7 Å². The molecule has 0 radical (unpaired) electrons. The van der Waals surface area contributed by atoms with Gasteiger partial charge in [0.2, 0.25) is 5.91 Å². The van der Waals surface area contributed by atoms with Crippen LogP contribution in [0.5, 0.6) is 5.75 Å². The van der Waals surface area contributed by atoms with E-state index in [2.05, 4.69) is 15.3 Å². The Bertz CT molecular complexity index is 910. The minimum Gasteiger partial charge on any atom is -0.494 e. The lowest BCUT2D eigenvalue weighted by molar-refractivity contribution is -0.113. The summed E-state index contributed by atoms with van der Waals surface area (Å²) in [5, 5.41) is 3.33. The van der Waals surface area contributed by atoms with Gasteiger partial charge in [0, 0.05) is 11.8 Å². The maximum atomic E-state index is 13.5. The number of amides is 1. The highest BCUT2D eigenvalue weighted by atomic mass is 32.2. The number of carbonyl (C=O) groups is 1. The van der Waals surface area contributed by atoms with Crippen LogP contribution in [0.1, 0.15) is 12.5 Å². The smallest absolute Gasteiger partial charge is 0.234 e. The normalized spacial score (nSPS) is 10.8. The zero-order chi connectivity index (χ0) is 17.8. The molecule has 0 saturated heterocycles. The summed E-state index contributed by atoms with van der Waals surface area (Å²) in [4.78, 5) is 19.6. The molecule has 3 rings (SSSR count). The fourth-order valence-corrected chi connectivity index (χ4v) is 2.98. The number of imidazole rings is 1. The average Bonchev–Trinajstić information content (AvgIpc) is 2.99. The third-order valence-electron chi connectivity index (χ3n) is 3.54. The molecule has 1 amide bonds. The van der Waals surface area contributed by atoms with Crippen molar-refractivity contribution < 1.29 is 13.9 Å². The van der Waals surface area contributed by atoms with E-state index >= 15 is 0 Å². The minimum atomic E-state index is -0.340. The van der Waals surface area contributed by atoms with Crippen molar-refractivity contribution in [1.82, 2.24) is 9.97 Å². The Hall–Kier alpha value is -2.54. The summed E-state index contributed by atoms with van der Waals surface area (Å²) in [6.45, 7) is 4.20. The van der Waals surface area contributed by atoms with Crippen LogP contribution in [0.25, 0.3) is 11.0 Å². The maximum absolute atomic E-state index is 13.5. The molecule has 25 heavy (non-hydrogen) atoms. The quantitative estimate of drug-likeness (QED) is 0.649. The number of hydrogen-bond donors (Lipinski definition) is 2. The highest BCUT2D eigenvalue weighted by molar-refractivity contribution is 7.99. The fraction of sp³-hybridized carbons (Fsp3) is 0.222. The molecule has 0 atom stereocenters. The van der Waals surface area contributed by atoms with Gasteiger partial charge in [-0.2, -0.15) is 0 Å². The number of benzene rings is 2. The first-order chi connectivity index (χ1) is 12.0. The zero-order valence-electron chi connectivity index (χ0n) is 13.9. The standard InChI is InChI=1S/C18H18FN3O2S/c1-3-24-13-6-7-15-16(9-13)22-18(21-15)25-10-17(23)20-12-5-4-11(2)14(19)8-12/h4-9H,3,10H2,1-2H3,(H,20,23)(H,21,22). The first kappa shape index (κ1) is 17.3. The van der Waals surface area contributed by atoms with E-state index in [1.54, 1.807) is 19.1 Å². The molecule has 130 valence electrons. The van der Waals surface area contributed by atoms with Crippen LogP contribution in [0.15, 0.2) is 41.6 Å². The number of halogens is 1. The van der Waals surface area contributed by atoms with Crippen molar-refractivity contribution in [3.05, 3.63) is 47.8 Å². The molecule has 0 aliphatic rings. The molecule has 2 aromatic carbocycles. The number of aromatic amines is 1. The van der Waals surface area contributed by atoms with E-state index < -0.39 is 0 Å². The maximum Gasteiger partial charge on any atom is 0.234 e. The SMILES string of the molecule is CCOc1ccc2nc(SCC(=O)Nc3ccc(C)c(F)c3)[nH]c2c1. The Morgan fingerprint density at radius 2 is 2.16 bits per heavy atom. The number of rotatable bonds is 6. The topological polar surface area (TPSA) is 67.0 Å². The van der Waals surface area contributed by atoms with E-state index in [0.29, 0.717) is 23.0 Å². The molecular weight excluding hydrogens is 341 g/mol. The van der Waals surface area contributed by atoms with E-state index in [1.165, 1.54) is 17.8 Å². The third kappa shape index (κ3) is 4.30. The lowest BCUT2D eigenvalue weighted by atomic mass is 10.2. The van der Waals surface area contributed by atoms with Gasteiger partial charge in [-0.1, -0.05) is 17.8 Å². The summed E-state index contributed by atoms with van der Waals surface area (Å²) in [6.07, 6.45) is 0. The predicted octanol–water partition coefficient (Wildman–Crippen LogP) is 4.14. The molecule has 7 heteroatoms. The molecule has 0 saturated carbocycles. The zero-order valence-corrected chi connectivity index (χ0v) is 14.7. The monoisotopic (exact) mass is 359 g/mol. The van der Waals surface area contributed by atoms with Crippen molar-refractivity contribution >= 4 is 34.4 Å². The first-order valence-electron chi connectivity index (χ1n) is 7.86. The second-order valence-corrected chi connectivity index (χ2v) is 6.42. The molecule has 2 N–H and O–H groups in total. The summed E-state index contributed by atoms with van der Waals surface area (Å²) < 4.78 is 19.0. The number of H-pyrrole nitrogens is 1. The fourth-order valence-electron chi connectivity index (χ4n) is 2.29. The van der Waals surface area contributed by atoms with Gasteiger partial charge >= 0.3 is 0 Å². The van der Waals surface area contributed by atoms with E-state index in [4.69, 9.17) is 4.74 Å². The molecule has 1 heterocycles.